The Morgan fingerprint density at radius 3 is 2.18 bits per heavy atom. The molecule has 0 fully saturated rings. The van der Waals surface area contributed by atoms with Gasteiger partial charge in [-0.2, -0.15) is 0 Å². The Morgan fingerprint density at radius 1 is 1.18 bits per heavy atom. The van der Waals surface area contributed by atoms with Crippen LogP contribution in [0.3, 0.4) is 0 Å². The summed E-state index contributed by atoms with van der Waals surface area (Å²) in [6, 6.07) is 6.65. The standard InChI is InChI=1S/C11H14ClN3O2/c1-15(2)11(17)14-9-6-4-3-5-8(9)13-10(16)7-12/h3-6H,7H2,1-2H3,(H,13,16)(H,14,17). The van der Waals surface area contributed by atoms with E-state index in [1.807, 2.05) is 0 Å². The summed E-state index contributed by atoms with van der Waals surface area (Å²) in [4.78, 5) is 24.1. The van der Waals surface area contributed by atoms with Gasteiger partial charge in [-0.3, -0.25) is 4.79 Å². The third-order valence-corrected chi connectivity index (χ3v) is 2.21. The minimum Gasteiger partial charge on any atom is -0.331 e. The molecule has 3 amide bonds. The highest BCUT2D eigenvalue weighted by atomic mass is 35.5. The number of anilines is 2. The summed E-state index contributed by atoms with van der Waals surface area (Å²) in [7, 11) is 3.27. The van der Waals surface area contributed by atoms with Crippen LogP contribution in [-0.4, -0.2) is 36.8 Å². The Balaban J connectivity index is 2.84. The van der Waals surface area contributed by atoms with Gasteiger partial charge in [0.15, 0.2) is 0 Å². The first kappa shape index (κ1) is 13.3. The van der Waals surface area contributed by atoms with E-state index >= 15 is 0 Å². The maximum Gasteiger partial charge on any atom is 0.321 e. The molecule has 0 radical (unpaired) electrons. The lowest BCUT2D eigenvalue weighted by molar-refractivity contribution is -0.113. The van der Waals surface area contributed by atoms with Crippen molar-refractivity contribution < 1.29 is 9.59 Å². The summed E-state index contributed by atoms with van der Waals surface area (Å²) in [6.07, 6.45) is 0. The van der Waals surface area contributed by atoms with Crippen molar-refractivity contribution in [3.63, 3.8) is 0 Å². The average molecular weight is 256 g/mol. The molecular formula is C11H14ClN3O2. The highest BCUT2D eigenvalue weighted by Gasteiger charge is 2.09. The second-order valence-electron chi connectivity index (χ2n) is 3.55. The number of hydrogen-bond acceptors (Lipinski definition) is 2. The van der Waals surface area contributed by atoms with Crippen molar-refractivity contribution in [3.05, 3.63) is 24.3 Å². The molecule has 92 valence electrons. The van der Waals surface area contributed by atoms with Crippen LogP contribution in [0.4, 0.5) is 16.2 Å². The lowest BCUT2D eigenvalue weighted by Gasteiger charge is -2.15. The SMILES string of the molecule is CN(C)C(=O)Nc1ccccc1NC(=O)CCl. The zero-order valence-electron chi connectivity index (χ0n) is 9.66. The Kier molecular flexibility index (Phi) is 4.78. The van der Waals surface area contributed by atoms with Crippen LogP contribution in [0.5, 0.6) is 0 Å². The van der Waals surface area contributed by atoms with Crippen molar-refractivity contribution in [2.24, 2.45) is 0 Å². The predicted octanol–water partition coefficient (Wildman–Crippen LogP) is 1.96. The zero-order chi connectivity index (χ0) is 12.8. The van der Waals surface area contributed by atoms with Crippen molar-refractivity contribution in [3.8, 4) is 0 Å². The largest absolute Gasteiger partial charge is 0.331 e. The molecule has 0 spiro atoms. The van der Waals surface area contributed by atoms with E-state index in [9.17, 15) is 9.59 Å². The summed E-state index contributed by atoms with van der Waals surface area (Å²) in [5.74, 6) is -0.450. The van der Waals surface area contributed by atoms with Crippen LogP contribution in [0.1, 0.15) is 0 Å². The fourth-order valence-electron chi connectivity index (χ4n) is 1.11. The molecule has 0 saturated carbocycles. The van der Waals surface area contributed by atoms with Gasteiger partial charge in [0.1, 0.15) is 5.88 Å². The van der Waals surface area contributed by atoms with Gasteiger partial charge in [0.25, 0.3) is 0 Å². The number of benzene rings is 1. The van der Waals surface area contributed by atoms with Gasteiger partial charge in [-0.1, -0.05) is 12.1 Å². The number of carbonyl (C=O) groups is 2. The van der Waals surface area contributed by atoms with E-state index < -0.39 is 0 Å². The first-order chi connectivity index (χ1) is 8.04. The van der Waals surface area contributed by atoms with Crippen molar-refractivity contribution in [1.82, 2.24) is 4.90 Å². The Hall–Kier alpha value is -1.75. The number of amides is 3. The summed E-state index contributed by atoms with van der Waals surface area (Å²) >= 11 is 5.40. The molecule has 2 N–H and O–H groups in total. The third-order valence-electron chi connectivity index (χ3n) is 1.97. The number of hydrogen-bond donors (Lipinski definition) is 2. The van der Waals surface area contributed by atoms with Crippen molar-refractivity contribution in [2.75, 3.05) is 30.6 Å². The minimum absolute atomic E-state index is 0.129. The molecule has 0 atom stereocenters. The molecule has 0 aromatic heterocycles. The molecule has 0 unspecified atom stereocenters. The Morgan fingerprint density at radius 2 is 1.71 bits per heavy atom. The summed E-state index contributed by atoms with van der Waals surface area (Å²) in [6.45, 7) is 0. The summed E-state index contributed by atoms with van der Waals surface area (Å²) in [5, 5.41) is 5.27. The molecule has 0 bridgehead atoms. The molecule has 0 aliphatic heterocycles. The molecular weight excluding hydrogens is 242 g/mol. The van der Waals surface area contributed by atoms with Gasteiger partial charge >= 0.3 is 6.03 Å². The molecule has 0 saturated heterocycles. The Labute approximate surface area is 105 Å². The van der Waals surface area contributed by atoms with Gasteiger partial charge in [-0.15, -0.1) is 11.6 Å². The summed E-state index contributed by atoms with van der Waals surface area (Å²) in [5.41, 5.74) is 1.05. The third kappa shape index (κ3) is 3.96. The monoisotopic (exact) mass is 255 g/mol. The molecule has 0 aliphatic rings. The molecule has 1 rings (SSSR count). The minimum atomic E-state index is -0.321. The second-order valence-corrected chi connectivity index (χ2v) is 3.82. The van der Waals surface area contributed by atoms with Crippen LogP contribution in [0.2, 0.25) is 0 Å². The number of alkyl halides is 1. The van der Waals surface area contributed by atoms with Gasteiger partial charge in [0, 0.05) is 14.1 Å². The smallest absolute Gasteiger partial charge is 0.321 e. The second kappa shape index (κ2) is 6.10. The highest BCUT2D eigenvalue weighted by Crippen LogP contribution is 2.21. The van der Waals surface area contributed by atoms with E-state index in [1.54, 1.807) is 38.4 Å². The fraction of sp³-hybridized carbons (Fsp3) is 0.273. The van der Waals surface area contributed by atoms with Crippen molar-refractivity contribution in [1.29, 1.82) is 0 Å². The van der Waals surface area contributed by atoms with Crippen LogP contribution >= 0.6 is 11.6 Å². The van der Waals surface area contributed by atoms with Gasteiger partial charge < -0.3 is 15.5 Å². The van der Waals surface area contributed by atoms with Crippen LogP contribution in [0.25, 0.3) is 0 Å². The van der Waals surface area contributed by atoms with E-state index in [-0.39, 0.29) is 17.8 Å². The number of urea groups is 1. The van der Waals surface area contributed by atoms with Crippen molar-refractivity contribution in [2.45, 2.75) is 0 Å². The quantitative estimate of drug-likeness (QED) is 0.811. The van der Waals surface area contributed by atoms with E-state index in [0.29, 0.717) is 11.4 Å². The lowest BCUT2D eigenvalue weighted by Crippen LogP contribution is -2.28. The van der Waals surface area contributed by atoms with E-state index in [1.165, 1.54) is 4.90 Å². The topological polar surface area (TPSA) is 61.4 Å². The molecule has 1 aromatic rings. The molecule has 17 heavy (non-hydrogen) atoms. The number of nitrogens with one attached hydrogen (secondary N) is 2. The lowest BCUT2D eigenvalue weighted by atomic mass is 10.2. The molecule has 1 aromatic carbocycles. The van der Waals surface area contributed by atoms with Crippen LogP contribution < -0.4 is 10.6 Å². The maximum absolute atomic E-state index is 11.5. The number of carbonyl (C=O) groups excluding carboxylic acids is 2. The predicted molar refractivity (Wildman–Crippen MR) is 68.5 cm³/mol. The number of para-hydroxylation sites is 2. The van der Waals surface area contributed by atoms with Crippen molar-refractivity contribution >= 4 is 34.9 Å². The number of nitrogens with zero attached hydrogens (tertiary/aromatic N) is 1. The van der Waals surface area contributed by atoms with Crippen LogP contribution in [0.15, 0.2) is 24.3 Å². The Bertz CT molecular complexity index is 421. The molecule has 0 heterocycles. The van der Waals surface area contributed by atoms with E-state index in [0.717, 1.165) is 0 Å². The van der Waals surface area contributed by atoms with Gasteiger partial charge in [-0.25, -0.2) is 4.79 Å². The summed E-state index contributed by atoms with van der Waals surface area (Å²) < 4.78 is 0. The van der Waals surface area contributed by atoms with Crippen LogP contribution in [-0.2, 0) is 4.79 Å². The normalized spacial score (nSPS) is 9.59. The first-order valence-electron chi connectivity index (χ1n) is 4.97. The average Bonchev–Trinajstić information content (AvgIpc) is 2.31. The molecule has 6 heteroatoms. The van der Waals surface area contributed by atoms with Gasteiger partial charge in [-0.05, 0) is 12.1 Å². The van der Waals surface area contributed by atoms with Gasteiger partial charge in [0.2, 0.25) is 5.91 Å². The maximum atomic E-state index is 11.5. The van der Waals surface area contributed by atoms with Crippen LogP contribution in [0, 0.1) is 0 Å². The fourth-order valence-corrected chi connectivity index (χ4v) is 1.18. The van der Waals surface area contributed by atoms with E-state index in [2.05, 4.69) is 10.6 Å². The first-order valence-corrected chi connectivity index (χ1v) is 5.51. The van der Waals surface area contributed by atoms with Gasteiger partial charge in [0.05, 0.1) is 11.4 Å². The highest BCUT2D eigenvalue weighted by molar-refractivity contribution is 6.29. The molecule has 0 aliphatic carbocycles. The zero-order valence-corrected chi connectivity index (χ0v) is 10.4. The molecule has 5 nitrogen and oxygen atoms in total. The number of rotatable bonds is 3. The van der Waals surface area contributed by atoms with E-state index in [4.69, 9.17) is 11.6 Å². The number of halogens is 1.